The molecule has 0 spiro atoms. The van der Waals surface area contributed by atoms with E-state index in [2.05, 4.69) is 29.2 Å². The molecule has 0 aliphatic carbocycles. The summed E-state index contributed by atoms with van der Waals surface area (Å²) in [6.45, 7) is 7.49. The lowest BCUT2D eigenvalue weighted by molar-refractivity contribution is 0.0520. The summed E-state index contributed by atoms with van der Waals surface area (Å²) >= 11 is 0. The van der Waals surface area contributed by atoms with Crippen LogP contribution in [0.25, 0.3) is 11.3 Å². The van der Waals surface area contributed by atoms with E-state index in [1.165, 1.54) is 0 Å². The molecular weight excluding hydrogens is 308 g/mol. The van der Waals surface area contributed by atoms with Crippen LogP contribution in [0.15, 0.2) is 18.3 Å². The summed E-state index contributed by atoms with van der Waals surface area (Å²) in [6, 6.07) is 4.07. The van der Waals surface area contributed by atoms with Crippen LogP contribution in [-0.4, -0.2) is 40.0 Å². The predicted molar refractivity (Wildman–Crippen MR) is 90.3 cm³/mol. The Morgan fingerprint density at radius 1 is 1.46 bits per heavy atom. The molecule has 0 saturated heterocycles. The highest BCUT2D eigenvalue weighted by atomic mass is 16.5. The number of aromatic nitrogens is 3. The summed E-state index contributed by atoms with van der Waals surface area (Å²) < 4.78 is 12.6. The lowest BCUT2D eigenvalue weighted by atomic mass is 10.1. The van der Waals surface area contributed by atoms with Gasteiger partial charge in [-0.2, -0.15) is 5.10 Å². The maximum Gasteiger partial charge on any atom is 0.345 e. The van der Waals surface area contributed by atoms with E-state index in [1.807, 2.05) is 12.1 Å². The van der Waals surface area contributed by atoms with Crippen LogP contribution in [0.2, 0.25) is 0 Å². The van der Waals surface area contributed by atoms with Crippen LogP contribution in [-0.2, 0) is 11.3 Å². The number of nitrogens with one attached hydrogen (secondary N) is 1. The lowest BCUT2D eigenvalue weighted by Crippen LogP contribution is -2.16. The molecule has 2 aromatic heterocycles. The Hall–Kier alpha value is -2.57. The van der Waals surface area contributed by atoms with Gasteiger partial charge in [-0.05, 0) is 32.9 Å². The SMILES string of the molecule is CCOC(=O)c1c(-c2ccc(NC(C)C)nc2)nn2c1OCCC2. The van der Waals surface area contributed by atoms with Crippen molar-refractivity contribution in [1.82, 2.24) is 14.8 Å². The third-order valence-corrected chi connectivity index (χ3v) is 3.61. The molecule has 3 heterocycles. The Bertz CT molecular complexity index is 722. The van der Waals surface area contributed by atoms with Gasteiger partial charge in [0.2, 0.25) is 5.88 Å². The van der Waals surface area contributed by atoms with Crippen LogP contribution in [0.5, 0.6) is 5.88 Å². The van der Waals surface area contributed by atoms with E-state index >= 15 is 0 Å². The van der Waals surface area contributed by atoms with Gasteiger partial charge in [-0.15, -0.1) is 0 Å². The quantitative estimate of drug-likeness (QED) is 0.849. The Morgan fingerprint density at radius 3 is 2.96 bits per heavy atom. The summed E-state index contributed by atoms with van der Waals surface area (Å²) in [5.74, 6) is 0.853. The molecule has 1 aliphatic heterocycles. The average Bonchev–Trinajstić information content (AvgIpc) is 2.94. The van der Waals surface area contributed by atoms with Crippen LogP contribution < -0.4 is 10.1 Å². The van der Waals surface area contributed by atoms with Crippen molar-refractivity contribution >= 4 is 11.8 Å². The van der Waals surface area contributed by atoms with Crippen LogP contribution >= 0.6 is 0 Å². The molecule has 0 unspecified atom stereocenters. The van der Waals surface area contributed by atoms with Crippen molar-refractivity contribution in [2.75, 3.05) is 18.5 Å². The number of fused-ring (bicyclic) bond motifs is 1. The number of anilines is 1. The van der Waals surface area contributed by atoms with Gasteiger partial charge in [0, 0.05) is 30.8 Å². The second-order valence-corrected chi connectivity index (χ2v) is 5.91. The van der Waals surface area contributed by atoms with Crippen LogP contribution in [0.4, 0.5) is 5.82 Å². The smallest absolute Gasteiger partial charge is 0.345 e. The van der Waals surface area contributed by atoms with E-state index in [4.69, 9.17) is 9.47 Å². The second kappa shape index (κ2) is 6.90. The summed E-state index contributed by atoms with van der Waals surface area (Å²) in [5.41, 5.74) is 1.69. The Labute approximate surface area is 141 Å². The number of hydrogen-bond acceptors (Lipinski definition) is 6. The van der Waals surface area contributed by atoms with E-state index in [-0.39, 0.29) is 0 Å². The first-order chi connectivity index (χ1) is 11.6. The minimum absolute atomic E-state index is 0.298. The zero-order valence-corrected chi connectivity index (χ0v) is 14.2. The molecule has 1 N–H and O–H groups in total. The normalized spacial score (nSPS) is 13.3. The Kier molecular flexibility index (Phi) is 4.69. The van der Waals surface area contributed by atoms with Gasteiger partial charge < -0.3 is 14.8 Å². The molecule has 0 radical (unpaired) electrons. The molecule has 0 bridgehead atoms. The Morgan fingerprint density at radius 2 is 2.29 bits per heavy atom. The van der Waals surface area contributed by atoms with Gasteiger partial charge in [-0.25, -0.2) is 14.5 Å². The average molecular weight is 330 g/mol. The van der Waals surface area contributed by atoms with Crippen LogP contribution in [0.1, 0.15) is 37.6 Å². The maximum atomic E-state index is 12.4. The largest absolute Gasteiger partial charge is 0.477 e. The molecule has 0 aromatic carbocycles. The molecule has 24 heavy (non-hydrogen) atoms. The zero-order chi connectivity index (χ0) is 17.1. The monoisotopic (exact) mass is 330 g/mol. The molecule has 7 nitrogen and oxygen atoms in total. The third-order valence-electron chi connectivity index (χ3n) is 3.61. The molecule has 0 fully saturated rings. The Balaban J connectivity index is 2.00. The summed E-state index contributed by atoms with van der Waals surface area (Å²) in [7, 11) is 0. The van der Waals surface area contributed by atoms with Gasteiger partial charge in [-0.3, -0.25) is 0 Å². The topological polar surface area (TPSA) is 78.3 Å². The number of ether oxygens (including phenoxy) is 2. The van der Waals surface area contributed by atoms with Crippen molar-refractivity contribution < 1.29 is 14.3 Å². The number of hydrogen-bond donors (Lipinski definition) is 1. The molecule has 0 saturated carbocycles. The van der Waals surface area contributed by atoms with E-state index in [9.17, 15) is 4.79 Å². The molecule has 7 heteroatoms. The summed E-state index contributed by atoms with van der Waals surface area (Å²) in [6.07, 6.45) is 2.58. The fourth-order valence-electron chi connectivity index (χ4n) is 2.63. The second-order valence-electron chi connectivity index (χ2n) is 5.91. The van der Waals surface area contributed by atoms with Gasteiger partial charge >= 0.3 is 5.97 Å². The molecule has 2 aromatic rings. The minimum Gasteiger partial charge on any atom is -0.477 e. The van der Waals surface area contributed by atoms with Crippen LogP contribution in [0.3, 0.4) is 0 Å². The number of pyridine rings is 1. The molecule has 1 aliphatic rings. The van der Waals surface area contributed by atoms with Gasteiger partial charge in [0.1, 0.15) is 17.1 Å². The van der Waals surface area contributed by atoms with E-state index in [1.54, 1.807) is 17.8 Å². The molecular formula is C17H22N4O3. The molecule has 3 rings (SSSR count). The first kappa shape index (κ1) is 16.3. The lowest BCUT2D eigenvalue weighted by Gasteiger charge is -2.15. The highest BCUT2D eigenvalue weighted by molar-refractivity contribution is 5.98. The minimum atomic E-state index is -0.417. The van der Waals surface area contributed by atoms with Crippen molar-refractivity contribution in [2.24, 2.45) is 0 Å². The maximum absolute atomic E-state index is 12.4. The summed E-state index contributed by atoms with van der Waals surface area (Å²) in [5, 5.41) is 7.78. The van der Waals surface area contributed by atoms with Crippen LogP contribution in [0, 0.1) is 0 Å². The van der Waals surface area contributed by atoms with E-state index in [0.717, 1.165) is 24.3 Å². The number of carbonyl (C=O) groups is 1. The third kappa shape index (κ3) is 3.20. The van der Waals surface area contributed by atoms with Gasteiger partial charge in [0.25, 0.3) is 0 Å². The zero-order valence-electron chi connectivity index (χ0n) is 14.2. The van der Waals surface area contributed by atoms with E-state index < -0.39 is 5.97 Å². The van der Waals surface area contributed by atoms with Crippen molar-refractivity contribution in [1.29, 1.82) is 0 Å². The number of rotatable bonds is 5. The summed E-state index contributed by atoms with van der Waals surface area (Å²) in [4.78, 5) is 16.8. The highest BCUT2D eigenvalue weighted by Gasteiger charge is 2.29. The standard InChI is InChI=1S/C17H22N4O3/c1-4-23-17(22)14-15(20-21-8-5-9-24-16(14)21)12-6-7-13(18-10-12)19-11(2)3/h6-7,10-11H,4-5,8-9H2,1-3H3,(H,18,19). The molecule has 0 atom stereocenters. The predicted octanol–water partition coefficient (Wildman–Crippen LogP) is 2.72. The molecule has 128 valence electrons. The van der Waals surface area contributed by atoms with Gasteiger partial charge in [-0.1, -0.05) is 0 Å². The van der Waals surface area contributed by atoms with Gasteiger partial charge in [0.05, 0.1) is 13.2 Å². The van der Waals surface area contributed by atoms with Crippen molar-refractivity contribution in [3.05, 3.63) is 23.9 Å². The fraction of sp³-hybridized carbons (Fsp3) is 0.471. The fourth-order valence-corrected chi connectivity index (χ4v) is 2.63. The van der Waals surface area contributed by atoms with Gasteiger partial charge in [0.15, 0.2) is 0 Å². The van der Waals surface area contributed by atoms with E-state index in [0.29, 0.717) is 36.4 Å². The van der Waals surface area contributed by atoms with Crippen molar-refractivity contribution in [2.45, 2.75) is 39.8 Å². The first-order valence-corrected chi connectivity index (χ1v) is 8.23. The van der Waals surface area contributed by atoms with Crippen molar-refractivity contribution in [3.63, 3.8) is 0 Å². The van der Waals surface area contributed by atoms with Crippen molar-refractivity contribution in [3.8, 4) is 17.1 Å². The number of aryl methyl sites for hydroxylation is 1. The first-order valence-electron chi connectivity index (χ1n) is 8.23. The number of esters is 1. The highest BCUT2D eigenvalue weighted by Crippen LogP contribution is 2.33. The molecule has 0 amide bonds. The number of nitrogens with zero attached hydrogens (tertiary/aromatic N) is 3. The number of carbonyl (C=O) groups excluding carboxylic acids is 1.